The standard InChI is InChI=1S/C12H11NO3S/c1-6-2-4-8(16-6)11-13-10-7(12(14)15)3-5-9(10)17-11/h2,4,7H,3,5H2,1H3,(H,14,15). The van der Waals surface area contributed by atoms with Gasteiger partial charge in [0.2, 0.25) is 0 Å². The lowest BCUT2D eigenvalue weighted by molar-refractivity contribution is -0.138. The van der Waals surface area contributed by atoms with Crippen molar-refractivity contribution < 1.29 is 14.3 Å². The number of hydrogen-bond acceptors (Lipinski definition) is 4. The highest BCUT2D eigenvalue weighted by Crippen LogP contribution is 2.40. The fraction of sp³-hybridized carbons (Fsp3) is 0.333. The van der Waals surface area contributed by atoms with E-state index in [1.807, 2.05) is 19.1 Å². The maximum absolute atomic E-state index is 11.1. The maximum Gasteiger partial charge on any atom is 0.312 e. The third-order valence-electron chi connectivity index (χ3n) is 2.97. The van der Waals surface area contributed by atoms with E-state index < -0.39 is 11.9 Å². The second kappa shape index (κ2) is 3.70. The molecule has 0 aromatic carbocycles. The van der Waals surface area contributed by atoms with Crippen molar-refractivity contribution in [2.75, 3.05) is 0 Å². The normalized spacial score (nSPS) is 18.3. The Bertz CT molecular complexity index is 584. The van der Waals surface area contributed by atoms with Crippen LogP contribution in [0.25, 0.3) is 10.8 Å². The first-order chi connectivity index (χ1) is 8.15. The van der Waals surface area contributed by atoms with E-state index >= 15 is 0 Å². The highest BCUT2D eigenvalue weighted by molar-refractivity contribution is 7.15. The molecule has 1 aliphatic rings. The molecule has 0 fully saturated rings. The second-order valence-corrected chi connectivity index (χ2v) is 5.25. The average molecular weight is 249 g/mol. The Morgan fingerprint density at radius 2 is 2.41 bits per heavy atom. The van der Waals surface area contributed by atoms with Gasteiger partial charge in [0.1, 0.15) is 11.7 Å². The SMILES string of the molecule is Cc1ccc(-c2nc3c(s2)CCC3C(=O)O)o1. The summed E-state index contributed by atoms with van der Waals surface area (Å²) < 4.78 is 5.50. The Morgan fingerprint density at radius 3 is 3.06 bits per heavy atom. The van der Waals surface area contributed by atoms with E-state index in [9.17, 15) is 4.79 Å². The molecule has 0 saturated carbocycles. The number of carboxylic acid groups (broad SMARTS) is 1. The van der Waals surface area contributed by atoms with Crippen LogP contribution in [-0.2, 0) is 11.2 Å². The zero-order valence-electron chi connectivity index (χ0n) is 9.27. The Kier molecular flexibility index (Phi) is 2.29. The number of carbonyl (C=O) groups is 1. The summed E-state index contributed by atoms with van der Waals surface area (Å²) in [4.78, 5) is 16.6. The molecule has 88 valence electrons. The molecule has 4 nitrogen and oxygen atoms in total. The van der Waals surface area contributed by atoms with Crippen molar-refractivity contribution >= 4 is 17.3 Å². The Hall–Kier alpha value is -1.62. The minimum absolute atomic E-state index is 0.439. The molecule has 1 N–H and O–H groups in total. The Balaban J connectivity index is 2.01. The topological polar surface area (TPSA) is 63.3 Å². The quantitative estimate of drug-likeness (QED) is 0.888. The number of aromatic nitrogens is 1. The molecule has 3 rings (SSSR count). The number of fused-ring (bicyclic) bond motifs is 1. The van der Waals surface area contributed by atoms with Gasteiger partial charge in [0, 0.05) is 4.88 Å². The maximum atomic E-state index is 11.1. The largest absolute Gasteiger partial charge is 0.481 e. The first-order valence-electron chi connectivity index (χ1n) is 5.44. The summed E-state index contributed by atoms with van der Waals surface area (Å²) >= 11 is 1.54. The highest BCUT2D eigenvalue weighted by atomic mass is 32.1. The van der Waals surface area contributed by atoms with Crippen molar-refractivity contribution in [3.05, 3.63) is 28.5 Å². The van der Waals surface area contributed by atoms with Crippen molar-refractivity contribution in [2.45, 2.75) is 25.7 Å². The molecule has 1 atom stereocenters. The summed E-state index contributed by atoms with van der Waals surface area (Å²) in [6.07, 6.45) is 1.48. The molecule has 1 aliphatic carbocycles. The van der Waals surface area contributed by atoms with E-state index in [4.69, 9.17) is 9.52 Å². The third-order valence-corrected chi connectivity index (χ3v) is 4.11. The van der Waals surface area contributed by atoms with Gasteiger partial charge in [0.05, 0.1) is 5.69 Å². The van der Waals surface area contributed by atoms with E-state index in [1.165, 1.54) is 0 Å². The van der Waals surface area contributed by atoms with Gasteiger partial charge in [0.15, 0.2) is 10.8 Å². The molecule has 0 saturated heterocycles. The van der Waals surface area contributed by atoms with Gasteiger partial charge in [-0.2, -0.15) is 0 Å². The first-order valence-corrected chi connectivity index (χ1v) is 6.26. The average Bonchev–Trinajstić information content (AvgIpc) is 2.89. The molecule has 5 heteroatoms. The van der Waals surface area contributed by atoms with Crippen LogP contribution in [0.1, 0.15) is 28.7 Å². The van der Waals surface area contributed by atoms with Crippen molar-refractivity contribution in [1.29, 1.82) is 0 Å². The molecule has 17 heavy (non-hydrogen) atoms. The molecule has 0 amide bonds. The fourth-order valence-electron chi connectivity index (χ4n) is 2.12. The number of thiazole rings is 1. The van der Waals surface area contributed by atoms with Crippen molar-refractivity contribution in [2.24, 2.45) is 0 Å². The molecular formula is C12H11NO3S. The van der Waals surface area contributed by atoms with Gasteiger partial charge in [-0.25, -0.2) is 4.98 Å². The molecule has 2 aromatic heterocycles. The van der Waals surface area contributed by atoms with Gasteiger partial charge in [-0.3, -0.25) is 4.79 Å². The Morgan fingerprint density at radius 1 is 1.59 bits per heavy atom. The molecule has 2 aromatic rings. The van der Waals surface area contributed by atoms with E-state index in [-0.39, 0.29) is 0 Å². The van der Waals surface area contributed by atoms with Gasteiger partial charge in [-0.15, -0.1) is 11.3 Å². The molecule has 0 aliphatic heterocycles. The highest BCUT2D eigenvalue weighted by Gasteiger charge is 2.32. The van der Waals surface area contributed by atoms with Crippen LogP contribution < -0.4 is 0 Å². The van der Waals surface area contributed by atoms with Gasteiger partial charge in [0.25, 0.3) is 0 Å². The number of rotatable bonds is 2. The van der Waals surface area contributed by atoms with Crippen LogP contribution in [-0.4, -0.2) is 16.1 Å². The summed E-state index contributed by atoms with van der Waals surface area (Å²) in [5.41, 5.74) is 0.728. The molecular weight excluding hydrogens is 238 g/mol. The van der Waals surface area contributed by atoms with E-state index in [1.54, 1.807) is 11.3 Å². The number of aryl methyl sites for hydroxylation is 2. The lowest BCUT2D eigenvalue weighted by atomic mass is 10.1. The molecule has 0 radical (unpaired) electrons. The van der Waals surface area contributed by atoms with Gasteiger partial charge in [-0.1, -0.05) is 0 Å². The minimum atomic E-state index is -0.781. The van der Waals surface area contributed by atoms with Gasteiger partial charge >= 0.3 is 5.97 Å². The summed E-state index contributed by atoms with van der Waals surface area (Å²) in [6, 6.07) is 3.76. The lowest BCUT2D eigenvalue weighted by Crippen LogP contribution is -2.08. The first kappa shape index (κ1) is 10.5. The zero-order chi connectivity index (χ0) is 12.0. The lowest BCUT2D eigenvalue weighted by Gasteiger charge is -2.00. The predicted octanol–water partition coefficient (Wildman–Crippen LogP) is 2.83. The summed E-state index contributed by atoms with van der Waals surface area (Å²) in [7, 11) is 0. The summed E-state index contributed by atoms with van der Waals surface area (Å²) in [6.45, 7) is 1.88. The summed E-state index contributed by atoms with van der Waals surface area (Å²) in [5, 5.41) is 9.87. The zero-order valence-corrected chi connectivity index (χ0v) is 10.1. The van der Waals surface area contributed by atoms with E-state index in [0.717, 1.165) is 33.5 Å². The number of carboxylic acids is 1. The van der Waals surface area contributed by atoms with Crippen LogP contribution in [0.5, 0.6) is 0 Å². The molecule has 2 heterocycles. The van der Waals surface area contributed by atoms with Crippen LogP contribution in [0.2, 0.25) is 0 Å². The van der Waals surface area contributed by atoms with E-state index in [0.29, 0.717) is 6.42 Å². The summed E-state index contributed by atoms with van der Waals surface area (Å²) in [5.74, 6) is 0.346. The van der Waals surface area contributed by atoms with Gasteiger partial charge < -0.3 is 9.52 Å². The van der Waals surface area contributed by atoms with Gasteiger partial charge in [-0.05, 0) is 31.9 Å². The molecule has 1 unspecified atom stereocenters. The van der Waals surface area contributed by atoms with Crippen molar-refractivity contribution in [3.8, 4) is 10.8 Å². The smallest absolute Gasteiger partial charge is 0.312 e. The van der Waals surface area contributed by atoms with Crippen LogP contribution in [0.15, 0.2) is 16.5 Å². The van der Waals surface area contributed by atoms with Crippen LogP contribution in [0.4, 0.5) is 0 Å². The molecule has 0 bridgehead atoms. The third kappa shape index (κ3) is 1.67. The number of hydrogen-bond donors (Lipinski definition) is 1. The monoisotopic (exact) mass is 249 g/mol. The second-order valence-electron chi connectivity index (χ2n) is 4.17. The van der Waals surface area contributed by atoms with Crippen LogP contribution >= 0.6 is 11.3 Å². The van der Waals surface area contributed by atoms with Crippen LogP contribution in [0, 0.1) is 6.92 Å². The van der Waals surface area contributed by atoms with E-state index in [2.05, 4.69) is 4.98 Å². The minimum Gasteiger partial charge on any atom is -0.481 e. The fourth-order valence-corrected chi connectivity index (χ4v) is 3.22. The number of aliphatic carboxylic acids is 1. The Labute approximate surface area is 102 Å². The predicted molar refractivity (Wildman–Crippen MR) is 63.3 cm³/mol. The van der Waals surface area contributed by atoms with Crippen molar-refractivity contribution in [1.82, 2.24) is 4.98 Å². The van der Waals surface area contributed by atoms with Crippen molar-refractivity contribution in [3.63, 3.8) is 0 Å². The number of furan rings is 1. The van der Waals surface area contributed by atoms with Crippen LogP contribution in [0.3, 0.4) is 0 Å². The molecule has 0 spiro atoms. The number of nitrogens with zero attached hydrogens (tertiary/aromatic N) is 1.